The van der Waals surface area contributed by atoms with Gasteiger partial charge in [0.2, 0.25) is 0 Å². The molecule has 0 aliphatic heterocycles. The maximum Gasteiger partial charge on any atom is 0.123 e. The van der Waals surface area contributed by atoms with Gasteiger partial charge in [0.25, 0.3) is 0 Å². The van der Waals surface area contributed by atoms with Gasteiger partial charge in [0.05, 0.1) is 12.7 Å². The summed E-state index contributed by atoms with van der Waals surface area (Å²) in [6.45, 7) is 3.56. The Hall–Kier alpha value is -1.42. The van der Waals surface area contributed by atoms with E-state index < -0.39 is 0 Å². The van der Waals surface area contributed by atoms with Gasteiger partial charge in [0.15, 0.2) is 0 Å². The van der Waals surface area contributed by atoms with Crippen molar-refractivity contribution < 1.29 is 9.84 Å². The predicted molar refractivity (Wildman–Crippen MR) is 78.5 cm³/mol. The zero-order chi connectivity index (χ0) is 13.7. The largest absolute Gasteiger partial charge is 0.493 e. The summed E-state index contributed by atoms with van der Waals surface area (Å²) in [6, 6.07) is 5.71. The van der Waals surface area contributed by atoms with Gasteiger partial charge in [-0.15, -0.1) is 0 Å². The molecule has 0 spiro atoms. The minimum absolute atomic E-state index is 0.163. The Morgan fingerprint density at radius 2 is 2.21 bits per heavy atom. The molecule has 1 aromatic carbocycles. The summed E-state index contributed by atoms with van der Waals surface area (Å²) in [4.78, 5) is 0. The zero-order valence-corrected chi connectivity index (χ0v) is 11.6. The Balaban J connectivity index is 1.93. The minimum atomic E-state index is -0.163. The monoisotopic (exact) mass is 264 g/mol. The summed E-state index contributed by atoms with van der Waals surface area (Å²) in [5.41, 5.74) is 7.53. The molecule has 1 saturated carbocycles. The van der Waals surface area contributed by atoms with Crippen molar-refractivity contribution in [3.8, 4) is 5.75 Å². The second-order valence-electron chi connectivity index (χ2n) is 5.28. The Morgan fingerprint density at radius 1 is 1.37 bits per heavy atom. The molecule has 2 atom stereocenters. The number of ether oxygens (including phenoxy) is 1. The maximum atomic E-state index is 9.80. The molecule has 0 amide bonds. The normalized spacial score (nSPS) is 22.4. The molecule has 1 aliphatic carbocycles. The molecule has 4 N–H and O–H groups in total. The van der Waals surface area contributed by atoms with E-state index in [1.54, 1.807) is 0 Å². The topological polar surface area (TPSA) is 67.5 Å². The van der Waals surface area contributed by atoms with Crippen molar-refractivity contribution in [3.05, 3.63) is 18.2 Å². The van der Waals surface area contributed by atoms with Gasteiger partial charge in [-0.1, -0.05) is 13.3 Å². The molecule has 106 valence electrons. The molecule has 2 rings (SSSR count). The fourth-order valence-corrected chi connectivity index (χ4v) is 2.53. The SMILES string of the molecule is CCCOc1cc(N)cc(NCC2CCCC2O)c1. The lowest BCUT2D eigenvalue weighted by Crippen LogP contribution is -2.21. The summed E-state index contributed by atoms with van der Waals surface area (Å²) < 4.78 is 5.60. The minimum Gasteiger partial charge on any atom is -0.493 e. The third kappa shape index (κ3) is 4.03. The van der Waals surface area contributed by atoms with E-state index in [9.17, 15) is 5.11 Å². The number of benzene rings is 1. The van der Waals surface area contributed by atoms with Gasteiger partial charge in [-0.3, -0.25) is 0 Å². The summed E-state index contributed by atoms with van der Waals surface area (Å²) in [7, 11) is 0. The van der Waals surface area contributed by atoms with Crippen molar-refractivity contribution in [1.82, 2.24) is 0 Å². The number of rotatable bonds is 6. The Morgan fingerprint density at radius 3 is 2.89 bits per heavy atom. The molecular weight excluding hydrogens is 240 g/mol. The second-order valence-corrected chi connectivity index (χ2v) is 5.28. The first-order valence-electron chi connectivity index (χ1n) is 7.14. The fourth-order valence-electron chi connectivity index (χ4n) is 2.53. The Labute approximate surface area is 115 Å². The molecule has 0 radical (unpaired) electrons. The van der Waals surface area contributed by atoms with Gasteiger partial charge >= 0.3 is 0 Å². The highest BCUT2D eigenvalue weighted by Crippen LogP contribution is 2.27. The first-order chi connectivity index (χ1) is 9.19. The molecule has 2 unspecified atom stereocenters. The van der Waals surface area contributed by atoms with Gasteiger partial charge in [0, 0.05) is 36.0 Å². The lowest BCUT2D eigenvalue weighted by atomic mass is 10.1. The highest BCUT2D eigenvalue weighted by molar-refractivity contribution is 5.59. The number of hydrogen-bond donors (Lipinski definition) is 3. The smallest absolute Gasteiger partial charge is 0.123 e. The van der Waals surface area contributed by atoms with Crippen molar-refractivity contribution in [2.75, 3.05) is 24.2 Å². The number of nitrogen functional groups attached to an aromatic ring is 1. The maximum absolute atomic E-state index is 9.80. The highest BCUT2D eigenvalue weighted by atomic mass is 16.5. The molecule has 1 fully saturated rings. The number of hydrogen-bond acceptors (Lipinski definition) is 4. The van der Waals surface area contributed by atoms with Gasteiger partial charge < -0.3 is 20.9 Å². The van der Waals surface area contributed by atoms with E-state index in [2.05, 4.69) is 12.2 Å². The third-order valence-corrected chi connectivity index (χ3v) is 3.59. The average molecular weight is 264 g/mol. The average Bonchev–Trinajstić information content (AvgIpc) is 2.79. The quantitative estimate of drug-likeness (QED) is 0.691. The summed E-state index contributed by atoms with van der Waals surface area (Å²) in [6.07, 6.45) is 3.95. The van der Waals surface area contributed by atoms with Crippen molar-refractivity contribution >= 4 is 11.4 Å². The van der Waals surface area contributed by atoms with Crippen LogP contribution in [0.5, 0.6) is 5.75 Å². The molecule has 19 heavy (non-hydrogen) atoms. The van der Waals surface area contributed by atoms with Crippen molar-refractivity contribution in [2.45, 2.75) is 38.7 Å². The van der Waals surface area contributed by atoms with Crippen LogP contribution in [0, 0.1) is 5.92 Å². The summed E-state index contributed by atoms with van der Waals surface area (Å²) in [5, 5.41) is 13.2. The van der Waals surface area contributed by atoms with Crippen LogP contribution >= 0.6 is 0 Å². The van der Waals surface area contributed by atoms with Gasteiger partial charge in [-0.2, -0.15) is 0 Å². The molecule has 1 aliphatic rings. The zero-order valence-electron chi connectivity index (χ0n) is 11.6. The Bertz CT molecular complexity index is 409. The molecule has 0 bridgehead atoms. The van der Waals surface area contributed by atoms with E-state index in [0.29, 0.717) is 18.2 Å². The molecule has 4 nitrogen and oxygen atoms in total. The van der Waals surface area contributed by atoms with Crippen LogP contribution in [0.3, 0.4) is 0 Å². The first-order valence-corrected chi connectivity index (χ1v) is 7.14. The van der Waals surface area contributed by atoms with Gasteiger partial charge in [-0.05, 0) is 25.3 Å². The Kier molecular flexibility index (Phi) is 4.91. The van der Waals surface area contributed by atoms with Crippen molar-refractivity contribution in [1.29, 1.82) is 0 Å². The molecule has 0 heterocycles. The van der Waals surface area contributed by atoms with E-state index in [1.165, 1.54) is 0 Å². The lowest BCUT2D eigenvalue weighted by Gasteiger charge is -2.17. The third-order valence-electron chi connectivity index (χ3n) is 3.59. The standard InChI is InChI=1S/C15H24N2O2/c1-2-6-19-14-8-12(16)7-13(9-14)17-10-11-4-3-5-15(11)18/h7-9,11,15,17-18H,2-6,10,16H2,1H3. The molecule has 0 aromatic heterocycles. The highest BCUT2D eigenvalue weighted by Gasteiger charge is 2.24. The lowest BCUT2D eigenvalue weighted by molar-refractivity contribution is 0.138. The van der Waals surface area contributed by atoms with Crippen LogP contribution in [0.2, 0.25) is 0 Å². The number of aliphatic hydroxyl groups is 1. The predicted octanol–water partition coefficient (Wildman–Crippen LogP) is 2.63. The van der Waals surface area contributed by atoms with Crippen LogP contribution in [-0.4, -0.2) is 24.4 Å². The van der Waals surface area contributed by atoms with Crippen LogP contribution in [0.25, 0.3) is 0 Å². The number of anilines is 2. The van der Waals surface area contributed by atoms with Crippen LogP contribution in [0.1, 0.15) is 32.6 Å². The summed E-state index contributed by atoms with van der Waals surface area (Å²) >= 11 is 0. The van der Waals surface area contributed by atoms with E-state index in [0.717, 1.165) is 43.7 Å². The summed E-state index contributed by atoms with van der Waals surface area (Å²) in [5.74, 6) is 1.15. The van der Waals surface area contributed by atoms with E-state index in [-0.39, 0.29) is 6.10 Å². The van der Waals surface area contributed by atoms with Crippen LogP contribution < -0.4 is 15.8 Å². The van der Waals surface area contributed by atoms with Crippen LogP contribution in [0.15, 0.2) is 18.2 Å². The molecule has 0 saturated heterocycles. The number of nitrogens with two attached hydrogens (primary N) is 1. The van der Waals surface area contributed by atoms with Gasteiger partial charge in [0.1, 0.15) is 5.75 Å². The van der Waals surface area contributed by atoms with E-state index >= 15 is 0 Å². The van der Waals surface area contributed by atoms with E-state index in [4.69, 9.17) is 10.5 Å². The van der Waals surface area contributed by atoms with Crippen LogP contribution in [0.4, 0.5) is 11.4 Å². The van der Waals surface area contributed by atoms with Crippen molar-refractivity contribution in [2.24, 2.45) is 5.92 Å². The second kappa shape index (κ2) is 6.66. The molecule has 4 heteroatoms. The van der Waals surface area contributed by atoms with Crippen LogP contribution in [-0.2, 0) is 0 Å². The first kappa shape index (κ1) is 14.0. The van der Waals surface area contributed by atoms with Gasteiger partial charge in [-0.25, -0.2) is 0 Å². The van der Waals surface area contributed by atoms with Crippen molar-refractivity contribution in [3.63, 3.8) is 0 Å². The molecule has 1 aromatic rings. The fraction of sp³-hybridized carbons (Fsp3) is 0.600. The van der Waals surface area contributed by atoms with E-state index in [1.807, 2.05) is 18.2 Å². The molecular formula is C15H24N2O2. The number of aliphatic hydroxyl groups excluding tert-OH is 1. The number of nitrogens with one attached hydrogen (secondary N) is 1.